The smallest absolute Gasteiger partial charge is 0.264 e. The van der Waals surface area contributed by atoms with E-state index in [2.05, 4.69) is 0 Å². The second kappa shape index (κ2) is 6.32. The summed E-state index contributed by atoms with van der Waals surface area (Å²) in [6.45, 7) is 0.789. The Morgan fingerprint density at radius 2 is 2.36 bits per heavy atom. The van der Waals surface area contributed by atoms with Crippen LogP contribution < -0.4 is 0 Å². The fourth-order valence-electron chi connectivity index (χ4n) is 3.05. The Morgan fingerprint density at radius 3 is 3.09 bits per heavy atom. The van der Waals surface area contributed by atoms with Crippen LogP contribution >= 0.6 is 11.3 Å². The lowest BCUT2D eigenvalue weighted by Gasteiger charge is -2.22. The third-order valence-electron chi connectivity index (χ3n) is 4.09. The van der Waals surface area contributed by atoms with Gasteiger partial charge in [-0.05, 0) is 25.0 Å². The van der Waals surface area contributed by atoms with E-state index in [-0.39, 0.29) is 31.0 Å². The van der Waals surface area contributed by atoms with Gasteiger partial charge in [-0.1, -0.05) is 6.07 Å². The van der Waals surface area contributed by atoms with E-state index in [1.54, 1.807) is 11.0 Å². The molecule has 0 aliphatic carbocycles. The van der Waals surface area contributed by atoms with Crippen molar-refractivity contribution in [1.29, 1.82) is 0 Å². The van der Waals surface area contributed by atoms with Crippen LogP contribution in [0.25, 0.3) is 10.1 Å². The van der Waals surface area contributed by atoms with Gasteiger partial charge in [0.15, 0.2) is 0 Å². The fourth-order valence-corrected chi connectivity index (χ4v) is 4.22. The molecule has 1 N–H and O–H groups in total. The Morgan fingerprint density at radius 1 is 1.55 bits per heavy atom. The summed E-state index contributed by atoms with van der Waals surface area (Å²) in [4.78, 5) is 15.1. The van der Waals surface area contributed by atoms with Crippen LogP contribution in [-0.2, 0) is 11.3 Å². The number of rotatable bonds is 4. The molecule has 1 atom stereocenters. The molecule has 1 amide bonds. The molecule has 2 aromatic rings. The molecule has 118 valence electrons. The summed E-state index contributed by atoms with van der Waals surface area (Å²) in [6.07, 6.45) is 1.69. The maximum Gasteiger partial charge on any atom is 0.264 e. The van der Waals surface area contributed by atoms with E-state index < -0.39 is 0 Å². The summed E-state index contributed by atoms with van der Waals surface area (Å²) >= 11 is 1.29. The van der Waals surface area contributed by atoms with Crippen molar-refractivity contribution in [3.63, 3.8) is 0 Å². The van der Waals surface area contributed by atoms with Gasteiger partial charge >= 0.3 is 0 Å². The van der Waals surface area contributed by atoms with Gasteiger partial charge in [0.05, 0.1) is 24.1 Å². The first-order chi connectivity index (χ1) is 10.7. The molecule has 0 unspecified atom stereocenters. The molecular weight excluding hydrogens is 305 g/mol. The predicted octanol–water partition coefficient (Wildman–Crippen LogP) is 2.78. The minimum atomic E-state index is -0.333. The number of hydrogen-bond donors (Lipinski definition) is 1. The molecule has 22 heavy (non-hydrogen) atoms. The first-order valence-electron chi connectivity index (χ1n) is 7.28. The van der Waals surface area contributed by atoms with Gasteiger partial charge in [0.1, 0.15) is 5.82 Å². The summed E-state index contributed by atoms with van der Waals surface area (Å²) in [7, 11) is 1.53. The number of benzene rings is 1. The van der Waals surface area contributed by atoms with Crippen LogP contribution in [0.4, 0.5) is 4.39 Å². The standard InChI is InChI=1S/C16H18FNO3S/c1-21-9-11-14-12(17)5-2-6-13(14)22-15(11)16(20)18-7-3-4-10(18)8-19/h2,5-6,10,19H,3-4,7-9H2,1H3/t10-/m1/s1. The molecule has 2 heterocycles. The fraction of sp³-hybridized carbons (Fsp3) is 0.438. The van der Waals surface area contributed by atoms with Gasteiger partial charge in [0.25, 0.3) is 5.91 Å². The molecule has 6 heteroatoms. The van der Waals surface area contributed by atoms with Crippen molar-refractivity contribution in [1.82, 2.24) is 4.90 Å². The molecule has 3 rings (SSSR count). The molecule has 0 radical (unpaired) electrons. The minimum Gasteiger partial charge on any atom is -0.394 e. The van der Waals surface area contributed by atoms with Crippen molar-refractivity contribution in [2.75, 3.05) is 20.3 Å². The largest absolute Gasteiger partial charge is 0.394 e. The Labute approximate surface area is 132 Å². The number of likely N-dealkylation sites (tertiary alicyclic amines) is 1. The van der Waals surface area contributed by atoms with Crippen molar-refractivity contribution in [3.05, 3.63) is 34.5 Å². The molecule has 1 fully saturated rings. The second-order valence-corrected chi connectivity index (χ2v) is 6.49. The average Bonchev–Trinajstić information content (AvgIpc) is 3.12. The van der Waals surface area contributed by atoms with Gasteiger partial charge in [-0.15, -0.1) is 11.3 Å². The number of ether oxygens (including phenoxy) is 1. The van der Waals surface area contributed by atoms with Gasteiger partial charge < -0.3 is 14.7 Å². The van der Waals surface area contributed by atoms with E-state index in [0.717, 1.165) is 17.5 Å². The van der Waals surface area contributed by atoms with Crippen molar-refractivity contribution in [2.45, 2.75) is 25.5 Å². The van der Waals surface area contributed by atoms with E-state index >= 15 is 0 Å². The summed E-state index contributed by atoms with van der Waals surface area (Å²) in [5, 5.41) is 9.88. The van der Waals surface area contributed by atoms with E-state index in [1.165, 1.54) is 24.5 Å². The number of aliphatic hydroxyl groups excluding tert-OH is 1. The maximum atomic E-state index is 14.2. The second-order valence-electron chi connectivity index (χ2n) is 5.43. The van der Waals surface area contributed by atoms with Crippen molar-refractivity contribution < 1.29 is 19.0 Å². The highest BCUT2D eigenvalue weighted by Gasteiger charge is 2.32. The quantitative estimate of drug-likeness (QED) is 0.941. The van der Waals surface area contributed by atoms with Crippen LogP contribution in [0.15, 0.2) is 18.2 Å². The molecule has 0 bridgehead atoms. The van der Waals surface area contributed by atoms with Crippen molar-refractivity contribution in [3.8, 4) is 0 Å². The topological polar surface area (TPSA) is 49.8 Å². The van der Waals surface area contributed by atoms with E-state index in [1.807, 2.05) is 6.07 Å². The van der Waals surface area contributed by atoms with Crippen molar-refractivity contribution >= 4 is 27.3 Å². The number of nitrogens with zero attached hydrogens (tertiary/aromatic N) is 1. The molecule has 1 saturated heterocycles. The third-order valence-corrected chi connectivity index (χ3v) is 5.28. The number of amides is 1. The van der Waals surface area contributed by atoms with Crippen molar-refractivity contribution in [2.24, 2.45) is 0 Å². The van der Waals surface area contributed by atoms with Gasteiger partial charge in [-0.25, -0.2) is 4.39 Å². The Bertz CT molecular complexity index is 700. The SMILES string of the molecule is COCc1c(C(=O)N2CCC[C@@H]2CO)sc2cccc(F)c12. The number of aliphatic hydroxyl groups is 1. The zero-order chi connectivity index (χ0) is 15.7. The Kier molecular flexibility index (Phi) is 4.42. The van der Waals surface area contributed by atoms with Crippen LogP contribution in [0, 0.1) is 5.82 Å². The molecule has 0 saturated carbocycles. The van der Waals surface area contributed by atoms with Gasteiger partial charge in [0, 0.05) is 29.3 Å². The van der Waals surface area contributed by atoms with Gasteiger partial charge in [-0.2, -0.15) is 0 Å². The molecule has 4 nitrogen and oxygen atoms in total. The van der Waals surface area contributed by atoms with Gasteiger partial charge in [-0.3, -0.25) is 4.79 Å². The number of carbonyl (C=O) groups excluding carboxylic acids is 1. The van der Waals surface area contributed by atoms with Gasteiger partial charge in [0.2, 0.25) is 0 Å². The molecule has 1 aromatic heterocycles. The number of fused-ring (bicyclic) bond motifs is 1. The summed E-state index contributed by atoms with van der Waals surface area (Å²) in [5.41, 5.74) is 0.606. The maximum absolute atomic E-state index is 14.2. The highest BCUT2D eigenvalue weighted by molar-refractivity contribution is 7.21. The lowest BCUT2D eigenvalue weighted by molar-refractivity contribution is 0.0678. The van der Waals surface area contributed by atoms with E-state index in [4.69, 9.17) is 4.74 Å². The summed E-state index contributed by atoms with van der Waals surface area (Å²) in [5.74, 6) is -0.468. The van der Waals surface area contributed by atoms with Crippen LogP contribution in [0.1, 0.15) is 28.1 Å². The minimum absolute atomic E-state index is 0.0371. The average molecular weight is 323 g/mol. The van der Waals surface area contributed by atoms with E-state index in [0.29, 0.717) is 22.4 Å². The zero-order valence-corrected chi connectivity index (χ0v) is 13.2. The predicted molar refractivity (Wildman–Crippen MR) is 83.6 cm³/mol. The van der Waals surface area contributed by atoms with Crippen LogP contribution in [0.3, 0.4) is 0 Å². The van der Waals surface area contributed by atoms with Crippen LogP contribution in [0.5, 0.6) is 0 Å². The monoisotopic (exact) mass is 323 g/mol. The summed E-state index contributed by atoms with van der Waals surface area (Å²) < 4.78 is 20.1. The molecule has 1 aromatic carbocycles. The van der Waals surface area contributed by atoms with Crippen LogP contribution in [0.2, 0.25) is 0 Å². The number of methoxy groups -OCH3 is 1. The molecule has 0 spiro atoms. The number of carbonyl (C=O) groups is 1. The normalized spacial score (nSPS) is 18.3. The third kappa shape index (κ3) is 2.51. The lowest BCUT2D eigenvalue weighted by Crippen LogP contribution is -2.37. The molecular formula is C16H18FNO3S. The van der Waals surface area contributed by atoms with E-state index in [9.17, 15) is 14.3 Å². The lowest BCUT2D eigenvalue weighted by atomic mass is 10.1. The Hall–Kier alpha value is -1.50. The summed E-state index contributed by atoms with van der Waals surface area (Å²) in [6, 6.07) is 4.71. The first-order valence-corrected chi connectivity index (χ1v) is 8.09. The highest BCUT2D eigenvalue weighted by Crippen LogP contribution is 2.35. The first kappa shape index (κ1) is 15.4. The number of thiophene rings is 1. The zero-order valence-electron chi connectivity index (χ0n) is 12.3. The molecule has 1 aliphatic rings. The number of hydrogen-bond acceptors (Lipinski definition) is 4. The molecule has 1 aliphatic heterocycles. The highest BCUT2D eigenvalue weighted by atomic mass is 32.1. The Balaban J connectivity index is 2.08. The van der Waals surface area contributed by atoms with Crippen LogP contribution in [-0.4, -0.2) is 42.2 Å². The number of halogens is 1.